The Morgan fingerprint density at radius 2 is 1.80 bits per heavy atom. The van der Waals surface area contributed by atoms with Gasteiger partial charge in [0.25, 0.3) is 0 Å². The number of ether oxygens (including phenoxy) is 1. The van der Waals surface area contributed by atoms with Gasteiger partial charge in [-0.25, -0.2) is 0 Å². The van der Waals surface area contributed by atoms with Crippen molar-refractivity contribution < 1.29 is 4.74 Å². The summed E-state index contributed by atoms with van der Waals surface area (Å²) in [6, 6.07) is 22.7. The average molecular weight is 344 g/mol. The van der Waals surface area contributed by atoms with Crippen molar-refractivity contribution in [2.24, 2.45) is 5.73 Å². The van der Waals surface area contributed by atoms with Crippen molar-refractivity contribution in [3.8, 4) is 11.8 Å². The summed E-state index contributed by atoms with van der Waals surface area (Å²) in [4.78, 5) is 1.19. The van der Waals surface area contributed by atoms with Crippen molar-refractivity contribution in [3.63, 3.8) is 0 Å². The molecular formula is C21H16N2OS. The number of fused-ring (bicyclic) bond motifs is 3. The Labute approximate surface area is 150 Å². The largest absolute Gasteiger partial charge is 0.440 e. The monoisotopic (exact) mass is 344 g/mol. The molecule has 0 bridgehead atoms. The van der Waals surface area contributed by atoms with Gasteiger partial charge >= 0.3 is 0 Å². The van der Waals surface area contributed by atoms with Crippen LogP contribution in [0.2, 0.25) is 0 Å². The first kappa shape index (κ1) is 15.6. The van der Waals surface area contributed by atoms with E-state index in [1.807, 2.05) is 36.6 Å². The number of nitriles is 1. The van der Waals surface area contributed by atoms with Gasteiger partial charge in [-0.3, -0.25) is 0 Å². The van der Waals surface area contributed by atoms with E-state index in [2.05, 4.69) is 36.4 Å². The lowest BCUT2D eigenvalue weighted by Crippen LogP contribution is -2.21. The van der Waals surface area contributed by atoms with Crippen LogP contribution in [0.5, 0.6) is 5.75 Å². The SMILES string of the molecule is CSc1ccc([C@@H]2C(C#N)=C(N)Oc3c2ccc2ccccc32)cc1. The molecule has 4 heteroatoms. The summed E-state index contributed by atoms with van der Waals surface area (Å²) >= 11 is 1.69. The highest BCUT2D eigenvalue weighted by atomic mass is 32.2. The molecule has 4 rings (SSSR count). The summed E-state index contributed by atoms with van der Waals surface area (Å²) in [5.41, 5.74) is 8.58. The topological polar surface area (TPSA) is 59.0 Å². The molecular weight excluding hydrogens is 328 g/mol. The molecule has 0 aliphatic carbocycles. The second kappa shape index (κ2) is 6.19. The number of hydrogen-bond donors (Lipinski definition) is 1. The van der Waals surface area contributed by atoms with Crippen molar-refractivity contribution in [1.82, 2.24) is 0 Å². The average Bonchev–Trinajstić information content (AvgIpc) is 2.67. The van der Waals surface area contributed by atoms with Crippen LogP contribution in [-0.4, -0.2) is 6.26 Å². The number of rotatable bonds is 2. The lowest BCUT2D eigenvalue weighted by molar-refractivity contribution is 0.398. The maximum Gasteiger partial charge on any atom is 0.205 e. The predicted molar refractivity (Wildman–Crippen MR) is 101 cm³/mol. The first-order valence-electron chi connectivity index (χ1n) is 7.96. The van der Waals surface area contributed by atoms with Crippen LogP contribution in [0.1, 0.15) is 17.0 Å². The number of hydrogen-bond acceptors (Lipinski definition) is 4. The maximum atomic E-state index is 9.66. The fraction of sp³-hybridized carbons (Fsp3) is 0.0952. The molecule has 1 aliphatic rings. The van der Waals surface area contributed by atoms with Gasteiger partial charge in [-0.1, -0.05) is 48.5 Å². The molecule has 0 aromatic heterocycles. The van der Waals surface area contributed by atoms with Crippen molar-refractivity contribution in [1.29, 1.82) is 5.26 Å². The Balaban J connectivity index is 1.96. The molecule has 1 atom stereocenters. The number of nitrogens with two attached hydrogens (primary N) is 1. The minimum atomic E-state index is -0.214. The Morgan fingerprint density at radius 1 is 1.04 bits per heavy atom. The fourth-order valence-electron chi connectivity index (χ4n) is 3.33. The summed E-state index contributed by atoms with van der Waals surface area (Å²) in [6.07, 6.45) is 2.05. The number of thioether (sulfide) groups is 1. The van der Waals surface area contributed by atoms with Gasteiger partial charge in [0.15, 0.2) is 0 Å². The Kier molecular flexibility index (Phi) is 3.87. The second-order valence-corrected chi connectivity index (χ2v) is 6.78. The molecule has 25 heavy (non-hydrogen) atoms. The lowest BCUT2D eigenvalue weighted by Gasteiger charge is -2.27. The first-order chi connectivity index (χ1) is 12.2. The maximum absolute atomic E-state index is 9.66. The molecule has 122 valence electrons. The van der Waals surface area contributed by atoms with E-state index < -0.39 is 0 Å². The van der Waals surface area contributed by atoms with Crippen LogP contribution in [0, 0.1) is 11.3 Å². The third kappa shape index (κ3) is 2.54. The van der Waals surface area contributed by atoms with Gasteiger partial charge in [-0.05, 0) is 29.3 Å². The van der Waals surface area contributed by atoms with E-state index in [-0.39, 0.29) is 11.8 Å². The molecule has 1 aliphatic heterocycles. The second-order valence-electron chi connectivity index (χ2n) is 5.90. The highest BCUT2D eigenvalue weighted by Gasteiger charge is 2.31. The third-order valence-corrected chi connectivity index (χ3v) is 5.30. The summed E-state index contributed by atoms with van der Waals surface area (Å²) < 4.78 is 5.88. The molecule has 0 saturated heterocycles. The number of allylic oxidation sites excluding steroid dienone is 1. The molecule has 0 radical (unpaired) electrons. The van der Waals surface area contributed by atoms with Crippen LogP contribution in [-0.2, 0) is 0 Å². The van der Waals surface area contributed by atoms with Crippen molar-refractivity contribution in [2.45, 2.75) is 10.8 Å². The Hall–Kier alpha value is -2.90. The van der Waals surface area contributed by atoms with Gasteiger partial charge in [0.05, 0.1) is 5.92 Å². The van der Waals surface area contributed by atoms with Crippen LogP contribution < -0.4 is 10.5 Å². The third-order valence-electron chi connectivity index (χ3n) is 4.56. The van der Waals surface area contributed by atoms with E-state index in [1.165, 1.54) is 4.90 Å². The summed E-state index contributed by atoms with van der Waals surface area (Å²) in [6.45, 7) is 0. The molecule has 1 heterocycles. The van der Waals surface area contributed by atoms with E-state index in [0.29, 0.717) is 5.57 Å². The fourth-order valence-corrected chi connectivity index (χ4v) is 3.73. The Morgan fingerprint density at radius 3 is 2.52 bits per heavy atom. The molecule has 3 aromatic rings. The van der Waals surface area contributed by atoms with E-state index >= 15 is 0 Å². The summed E-state index contributed by atoms with van der Waals surface area (Å²) in [5.74, 6) is 0.716. The van der Waals surface area contributed by atoms with E-state index in [0.717, 1.165) is 27.6 Å². The molecule has 0 amide bonds. The summed E-state index contributed by atoms with van der Waals surface area (Å²) in [7, 11) is 0. The van der Waals surface area contributed by atoms with Gasteiger partial charge in [0.2, 0.25) is 5.88 Å². The number of nitrogens with zero attached hydrogens (tertiary/aromatic N) is 1. The van der Waals surface area contributed by atoms with Gasteiger partial charge in [0.1, 0.15) is 17.4 Å². The zero-order valence-corrected chi connectivity index (χ0v) is 14.5. The highest BCUT2D eigenvalue weighted by Crippen LogP contribution is 2.45. The van der Waals surface area contributed by atoms with Gasteiger partial charge < -0.3 is 10.5 Å². The van der Waals surface area contributed by atoms with Crippen molar-refractivity contribution in [2.75, 3.05) is 6.26 Å². The lowest BCUT2D eigenvalue weighted by atomic mass is 9.82. The summed E-state index contributed by atoms with van der Waals surface area (Å²) in [5, 5.41) is 11.8. The quantitative estimate of drug-likeness (QED) is 0.680. The normalized spacial score (nSPS) is 16.2. The van der Waals surface area contributed by atoms with Gasteiger partial charge in [0, 0.05) is 15.8 Å². The molecule has 0 saturated carbocycles. The minimum absolute atomic E-state index is 0.185. The van der Waals surface area contributed by atoms with Crippen LogP contribution >= 0.6 is 11.8 Å². The number of benzene rings is 3. The van der Waals surface area contributed by atoms with E-state index in [4.69, 9.17) is 10.5 Å². The Bertz CT molecular complexity index is 1030. The van der Waals surface area contributed by atoms with Gasteiger partial charge in [-0.2, -0.15) is 5.26 Å². The molecule has 0 spiro atoms. The standard InChI is InChI=1S/C21H16N2OS/c1-25-15-9-6-14(7-10-15)19-17-11-8-13-4-2-3-5-16(13)20(17)24-21(23)18(19)12-22/h2-11,19H,23H2,1H3/t19-/m0/s1. The van der Waals surface area contributed by atoms with Crippen LogP contribution in [0.4, 0.5) is 0 Å². The minimum Gasteiger partial charge on any atom is -0.440 e. The van der Waals surface area contributed by atoms with Crippen molar-refractivity contribution >= 4 is 22.5 Å². The zero-order valence-electron chi connectivity index (χ0n) is 13.7. The van der Waals surface area contributed by atoms with Crippen molar-refractivity contribution in [3.05, 3.63) is 83.2 Å². The highest BCUT2D eigenvalue weighted by molar-refractivity contribution is 7.98. The molecule has 0 fully saturated rings. The van der Waals surface area contributed by atoms with E-state index in [9.17, 15) is 5.26 Å². The molecule has 2 N–H and O–H groups in total. The van der Waals surface area contributed by atoms with Crippen LogP contribution in [0.15, 0.2) is 77.0 Å². The molecule has 3 nitrogen and oxygen atoms in total. The van der Waals surface area contributed by atoms with Crippen LogP contribution in [0.3, 0.4) is 0 Å². The zero-order chi connectivity index (χ0) is 17.4. The molecule has 0 unspecified atom stereocenters. The van der Waals surface area contributed by atoms with Crippen LogP contribution in [0.25, 0.3) is 10.8 Å². The predicted octanol–water partition coefficient (Wildman–Crippen LogP) is 4.78. The van der Waals surface area contributed by atoms with E-state index in [1.54, 1.807) is 11.8 Å². The molecule has 3 aromatic carbocycles. The smallest absolute Gasteiger partial charge is 0.205 e. The first-order valence-corrected chi connectivity index (χ1v) is 9.18. The van der Waals surface area contributed by atoms with Gasteiger partial charge in [-0.15, -0.1) is 11.8 Å².